The van der Waals surface area contributed by atoms with Crippen LogP contribution in [0, 0.1) is 164 Å². The van der Waals surface area contributed by atoms with Crippen LogP contribution in [0.5, 0.6) is 0 Å². The summed E-state index contributed by atoms with van der Waals surface area (Å²) >= 11 is 5.53. The van der Waals surface area contributed by atoms with E-state index in [2.05, 4.69) is 0 Å². The summed E-state index contributed by atoms with van der Waals surface area (Å²) in [5.41, 5.74) is -0.620. The summed E-state index contributed by atoms with van der Waals surface area (Å²) in [5.74, 6) is -1.40. The van der Waals surface area contributed by atoms with E-state index in [4.69, 9.17) is 11.6 Å². The van der Waals surface area contributed by atoms with Crippen LogP contribution in [-0.4, -0.2) is 0 Å². The normalized spacial score (nSPS) is 11.2. The van der Waals surface area contributed by atoms with E-state index >= 15 is 0 Å². The minimum Gasteiger partial charge on any atom is -0.207 e. The third-order valence-corrected chi connectivity index (χ3v) is 6.26. The molecule has 0 aliphatic rings. The van der Waals surface area contributed by atoms with Crippen LogP contribution in [0.3, 0.4) is 0 Å². The van der Waals surface area contributed by atoms with Crippen LogP contribution in [0.15, 0.2) is 54.6 Å². The molecule has 0 nitrogen and oxygen atoms in total. The van der Waals surface area contributed by atoms with E-state index in [-0.39, 0.29) is 185 Å². The summed E-state index contributed by atoms with van der Waals surface area (Å²) in [4.78, 5) is 0. The Kier molecular flexibility index (Phi) is 28.4. The molecule has 0 amide bonds. The fourth-order valence-electron chi connectivity index (χ4n) is 3.97. The first-order valence-corrected chi connectivity index (χ1v) is 13.3. The first kappa shape index (κ1) is 55.1. The van der Waals surface area contributed by atoms with Gasteiger partial charge in [0.15, 0.2) is 0 Å². The largest absolute Gasteiger partial charge is 0.416 e. The van der Waals surface area contributed by atoms with Gasteiger partial charge in [-0.05, 0) is 71.7 Å². The number of alkyl halides is 9. The Labute approximate surface area is 389 Å². The molecule has 0 bridgehead atoms. The number of hydrogen-bond donors (Lipinski definition) is 0. The van der Waals surface area contributed by atoms with Gasteiger partial charge in [0.2, 0.25) is 0 Å². The maximum atomic E-state index is 12.6. The van der Waals surface area contributed by atoms with Crippen LogP contribution in [0.4, 0.5) is 43.9 Å². The monoisotopic (exact) mass is 790 g/mol. The molecule has 15 heteroatoms. The van der Waals surface area contributed by atoms with Gasteiger partial charge in [0.25, 0.3) is 0 Å². The average Bonchev–Trinajstić information content (AvgIpc) is 2.82. The van der Waals surface area contributed by atoms with Crippen LogP contribution >= 0.6 is 11.6 Å². The van der Waals surface area contributed by atoms with Gasteiger partial charge in [0, 0.05) is 156 Å². The molecule has 0 N–H and O–H groups in total. The van der Waals surface area contributed by atoms with Crippen molar-refractivity contribution in [1.29, 1.82) is 0 Å². The van der Waals surface area contributed by atoms with Gasteiger partial charge in [-0.2, -0.15) is 39.5 Å². The molecule has 3 aromatic carbocycles. The molecule has 0 unspecified atom stereocenters. The van der Waals surface area contributed by atoms with Crippen LogP contribution < -0.4 is 0 Å². The summed E-state index contributed by atoms with van der Waals surface area (Å²) in [6.45, 7) is 11.9. The first-order valence-electron chi connectivity index (χ1n) is 12.9. The fraction of sp³-hybridized carbons (Fsp3) is 0.419. The molecule has 3 rings (SSSR count). The summed E-state index contributed by atoms with van der Waals surface area (Å²) in [5, 5.41) is 0.113. The van der Waals surface area contributed by atoms with Gasteiger partial charge < -0.3 is 0 Å². The maximum Gasteiger partial charge on any atom is 0.416 e. The number of rotatable bonds is 3. The van der Waals surface area contributed by atoms with Crippen molar-refractivity contribution in [1.82, 2.24) is 0 Å². The van der Waals surface area contributed by atoms with Crippen molar-refractivity contribution in [3.05, 3.63) is 104 Å². The quantitative estimate of drug-likeness (QED) is 0.232. The van der Waals surface area contributed by atoms with Gasteiger partial charge in [0.1, 0.15) is 5.82 Å². The molecule has 0 saturated heterocycles. The molecule has 3 aromatic rings. The van der Waals surface area contributed by atoms with Gasteiger partial charge in [0.05, 0.1) is 16.7 Å². The van der Waals surface area contributed by atoms with Crippen LogP contribution in [-0.2, 0) is 18.5 Å². The van der Waals surface area contributed by atoms with Crippen LogP contribution in [0.1, 0.15) is 98.2 Å². The summed E-state index contributed by atoms with van der Waals surface area (Å²) in [6.07, 6.45) is -13.1. The Hall–Kier alpha value is 2.29. The fourth-order valence-corrected chi connectivity index (χ4v) is 4.15. The van der Waals surface area contributed by atoms with Crippen LogP contribution in [0.2, 0.25) is 5.02 Å². The second kappa shape index (κ2) is 23.8. The van der Waals surface area contributed by atoms with Gasteiger partial charge in [-0.1, -0.05) is 83.0 Å². The van der Waals surface area contributed by atoms with Crippen molar-refractivity contribution < 1.29 is 195 Å². The Morgan fingerprint density at radius 3 is 1.13 bits per heavy atom. The number of benzene rings is 3. The van der Waals surface area contributed by atoms with Crippen molar-refractivity contribution in [3.8, 4) is 0 Å². The molecule has 0 saturated carbocycles. The Balaban J connectivity index is -0.000000276. The van der Waals surface area contributed by atoms with E-state index in [1.54, 1.807) is 60.6 Å². The maximum absolute atomic E-state index is 12.6. The molecule has 46 heavy (non-hydrogen) atoms. The number of halogens is 11. The Bertz CT molecular complexity index is 1160. The van der Waals surface area contributed by atoms with Crippen molar-refractivity contribution >= 4 is 11.6 Å². The topological polar surface area (TPSA) is 0 Å². The summed E-state index contributed by atoms with van der Waals surface area (Å²) in [6, 6.07) is 11.1. The SMILES string of the molecule is CC(C)c1ccc(Cl)cc1C(F)(F)F.CC(C)c1ccc(F)cc1C(F)(F)F.Cc1ccc(C(C)C)c(C(F)(F)F)c1.[Ar].[Ar].[Ar].[Ar]. The van der Waals surface area contributed by atoms with E-state index in [9.17, 15) is 43.9 Å². The van der Waals surface area contributed by atoms with Gasteiger partial charge in [-0.3, -0.25) is 0 Å². The molecule has 0 aliphatic heterocycles. The third kappa shape index (κ3) is 18.7. The molecule has 0 radical (unpaired) electrons. The smallest absolute Gasteiger partial charge is 0.207 e. The standard InChI is InChI=1S/C11H13F3.C10H10ClF3.C10H10F4.4Ar/c1-7(2)9-5-4-8(3)6-10(9)11(12,13)14;2*1-6(2)8-4-3-7(11)5-9(8)10(12,13)14;;;;/h4-7H,1-3H3;2*3-6H,1-2H3;;;;. The summed E-state index contributed by atoms with van der Waals surface area (Å²) < 4.78 is 125. The second-order valence-corrected chi connectivity index (χ2v) is 10.9. The number of hydrogen-bond acceptors (Lipinski definition) is 0. The predicted octanol–water partition coefficient (Wildman–Crippen LogP) is 12.6. The molecule has 0 aliphatic carbocycles. The first-order chi connectivity index (χ1) is 19.0. The predicted molar refractivity (Wildman–Crippen MR) is 146 cm³/mol. The zero-order valence-corrected chi connectivity index (χ0v) is 29.1. The van der Waals surface area contributed by atoms with Crippen molar-refractivity contribution in [3.63, 3.8) is 0 Å². The van der Waals surface area contributed by atoms with E-state index in [0.717, 1.165) is 12.1 Å². The Morgan fingerprint density at radius 2 is 0.783 bits per heavy atom. The minimum atomic E-state index is -4.48. The molecule has 0 aromatic heterocycles. The molecule has 0 fully saturated rings. The Morgan fingerprint density at radius 1 is 0.478 bits per heavy atom. The van der Waals surface area contributed by atoms with Crippen molar-refractivity contribution in [2.24, 2.45) is 0 Å². The van der Waals surface area contributed by atoms with Crippen molar-refractivity contribution in [2.45, 2.75) is 84.7 Å². The van der Waals surface area contributed by atoms with Gasteiger partial charge in [-0.15, -0.1) is 0 Å². The van der Waals surface area contributed by atoms with E-state index in [0.29, 0.717) is 17.2 Å². The molecule has 0 heterocycles. The van der Waals surface area contributed by atoms with Gasteiger partial charge >= 0.3 is 18.5 Å². The molecule has 0 spiro atoms. The molecule has 0 atom stereocenters. The minimum absolute atomic E-state index is 0. The van der Waals surface area contributed by atoms with E-state index in [1.165, 1.54) is 24.3 Å². The summed E-state index contributed by atoms with van der Waals surface area (Å²) in [7, 11) is 0. The molecule has 266 valence electrons. The number of aryl methyl sites for hydroxylation is 1. The second-order valence-electron chi connectivity index (χ2n) is 10.5. The third-order valence-electron chi connectivity index (χ3n) is 6.02. The van der Waals surface area contributed by atoms with Crippen LogP contribution in [0.25, 0.3) is 0 Å². The molecular formula is C31H33Ar4ClF10. The van der Waals surface area contributed by atoms with Gasteiger partial charge in [-0.25, -0.2) is 4.39 Å². The average molecular weight is 791 g/mol. The molecular weight excluding hydrogens is 758 g/mol. The van der Waals surface area contributed by atoms with E-state index in [1.807, 2.05) is 0 Å². The van der Waals surface area contributed by atoms with Crippen molar-refractivity contribution in [2.75, 3.05) is 0 Å². The zero-order chi connectivity index (χ0) is 32.8. The zero-order valence-electron chi connectivity index (χ0n) is 25.5. The van der Waals surface area contributed by atoms with E-state index < -0.39 is 41.0 Å².